The summed E-state index contributed by atoms with van der Waals surface area (Å²) in [5, 5.41) is 14.6. The number of halogens is 1. The van der Waals surface area contributed by atoms with Gasteiger partial charge in [-0.3, -0.25) is 4.79 Å². The lowest BCUT2D eigenvalue weighted by atomic mass is 9.99. The number of carbonyl (C=O) groups excluding carboxylic acids is 1. The van der Waals surface area contributed by atoms with Gasteiger partial charge in [-0.15, -0.1) is 10.2 Å². The molecule has 31 heavy (non-hydrogen) atoms. The van der Waals surface area contributed by atoms with Crippen LogP contribution in [-0.2, 0) is 4.79 Å². The van der Waals surface area contributed by atoms with Gasteiger partial charge in [-0.2, -0.15) is 0 Å². The van der Waals surface area contributed by atoms with Crippen molar-refractivity contribution in [3.8, 4) is 0 Å². The van der Waals surface area contributed by atoms with E-state index in [1.165, 1.54) is 29.2 Å². The van der Waals surface area contributed by atoms with Crippen LogP contribution in [0.15, 0.2) is 89.3 Å². The quantitative estimate of drug-likeness (QED) is 0.351. The van der Waals surface area contributed by atoms with Gasteiger partial charge in [-0.25, -0.2) is 4.39 Å². The van der Waals surface area contributed by atoms with Gasteiger partial charge in [0.25, 0.3) is 0 Å². The number of carbonyl (C=O) groups is 1. The molecule has 0 aliphatic rings. The summed E-state index contributed by atoms with van der Waals surface area (Å²) in [7, 11) is 0. The summed E-state index contributed by atoms with van der Waals surface area (Å²) < 4.78 is 14.4. The number of aromatic nitrogens is 2. The zero-order valence-corrected chi connectivity index (χ0v) is 18.0. The van der Waals surface area contributed by atoms with Crippen LogP contribution in [0.4, 0.5) is 15.2 Å². The Balaban J connectivity index is 1.38. The van der Waals surface area contributed by atoms with E-state index in [9.17, 15) is 9.18 Å². The number of amides is 1. The lowest BCUT2D eigenvalue weighted by Gasteiger charge is -2.19. The molecule has 3 aromatic carbocycles. The van der Waals surface area contributed by atoms with Gasteiger partial charge in [0.1, 0.15) is 5.82 Å². The number of thioether (sulfide) groups is 1. The van der Waals surface area contributed by atoms with Crippen molar-refractivity contribution in [1.29, 1.82) is 0 Å². The molecule has 0 aliphatic heterocycles. The maximum Gasteiger partial charge on any atom is 0.231 e. The van der Waals surface area contributed by atoms with Crippen LogP contribution in [-0.4, -0.2) is 21.9 Å². The average molecular weight is 451 g/mol. The molecule has 0 aliphatic carbocycles. The van der Waals surface area contributed by atoms with E-state index in [4.69, 9.17) is 0 Å². The topological polar surface area (TPSA) is 66.9 Å². The van der Waals surface area contributed by atoms with Crippen molar-refractivity contribution >= 4 is 39.8 Å². The first-order valence-electron chi connectivity index (χ1n) is 9.56. The van der Waals surface area contributed by atoms with Crippen LogP contribution in [0.25, 0.3) is 0 Å². The SMILES string of the molecule is O=C(CSc1nnc(Nc2ccccc2F)s1)NC(c1ccccc1)c1ccccc1. The first kappa shape index (κ1) is 21.0. The van der Waals surface area contributed by atoms with Gasteiger partial charge in [0.15, 0.2) is 4.34 Å². The maximum atomic E-state index is 13.8. The molecule has 8 heteroatoms. The molecule has 2 N–H and O–H groups in total. The van der Waals surface area contributed by atoms with Gasteiger partial charge in [0, 0.05) is 0 Å². The molecule has 0 fully saturated rings. The zero-order chi connectivity index (χ0) is 21.5. The van der Waals surface area contributed by atoms with E-state index in [2.05, 4.69) is 20.8 Å². The Bertz CT molecular complexity index is 1100. The van der Waals surface area contributed by atoms with Gasteiger partial charge in [-0.1, -0.05) is 95.9 Å². The Morgan fingerprint density at radius 3 is 2.16 bits per heavy atom. The molecule has 0 spiro atoms. The van der Waals surface area contributed by atoms with Gasteiger partial charge in [-0.05, 0) is 23.3 Å². The molecule has 0 unspecified atom stereocenters. The summed E-state index contributed by atoms with van der Waals surface area (Å²) in [4.78, 5) is 12.7. The highest BCUT2D eigenvalue weighted by Crippen LogP contribution is 2.29. The van der Waals surface area contributed by atoms with Crippen molar-refractivity contribution in [3.05, 3.63) is 102 Å². The summed E-state index contributed by atoms with van der Waals surface area (Å²) in [6.07, 6.45) is 0. The van der Waals surface area contributed by atoms with Crippen LogP contribution in [0.5, 0.6) is 0 Å². The maximum absolute atomic E-state index is 13.8. The predicted molar refractivity (Wildman–Crippen MR) is 123 cm³/mol. The van der Waals surface area contributed by atoms with Crippen molar-refractivity contribution in [1.82, 2.24) is 15.5 Å². The van der Waals surface area contributed by atoms with Crippen LogP contribution in [0.1, 0.15) is 17.2 Å². The smallest absolute Gasteiger partial charge is 0.231 e. The van der Waals surface area contributed by atoms with Crippen molar-refractivity contribution in [2.75, 3.05) is 11.1 Å². The summed E-state index contributed by atoms with van der Waals surface area (Å²) in [6.45, 7) is 0. The number of anilines is 2. The van der Waals surface area contributed by atoms with E-state index in [0.29, 0.717) is 15.2 Å². The highest BCUT2D eigenvalue weighted by atomic mass is 32.2. The molecule has 1 heterocycles. The Morgan fingerprint density at radius 1 is 0.903 bits per heavy atom. The molecule has 5 nitrogen and oxygen atoms in total. The Kier molecular flexibility index (Phi) is 6.91. The second-order valence-electron chi connectivity index (χ2n) is 6.59. The fraction of sp³-hybridized carbons (Fsp3) is 0.0870. The van der Waals surface area contributed by atoms with Crippen molar-refractivity contribution in [3.63, 3.8) is 0 Å². The third kappa shape index (κ3) is 5.68. The molecule has 0 bridgehead atoms. The number of benzene rings is 3. The van der Waals surface area contributed by atoms with Gasteiger partial charge < -0.3 is 10.6 Å². The predicted octanol–water partition coefficient (Wildman–Crippen LogP) is 5.42. The number of nitrogens with zero attached hydrogens (tertiary/aromatic N) is 2. The highest BCUT2D eigenvalue weighted by Gasteiger charge is 2.17. The number of rotatable bonds is 8. The fourth-order valence-corrected chi connectivity index (χ4v) is 4.55. The van der Waals surface area contributed by atoms with E-state index < -0.39 is 0 Å². The number of nitrogens with one attached hydrogen (secondary N) is 2. The van der Waals surface area contributed by atoms with Crippen LogP contribution < -0.4 is 10.6 Å². The number of para-hydroxylation sites is 1. The molecule has 1 amide bonds. The Labute approximate surface area is 187 Å². The van der Waals surface area contributed by atoms with Crippen molar-refractivity contribution in [2.45, 2.75) is 10.4 Å². The Morgan fingerprint density at radius 2 is 1.52 bits per heavy atom. The molecular formula is C23H19FN4OS2. The highest BCUT2D eigenvalue weighted by molar-refractivity contribution is 8.01. The lowest BCUT2D eigenvalue weighted by molar-refractivity contribution is -0.119. The van der Waals surface area contributed by atoms with Crippen LogP contribution in [0.3, 0.4) is 0 Å². The second kappa shape index (κ2) is 10.2. The molecule has 0 atom stereocenters. The monoisotopic (exact) mass is 450 g/mol. The largest absolute Gasteiger partial charge is 0.344 e. The van der Waals surface area contributed by atoms with Crippen LogP contribution in [0.2, 0.25) is 0 Å². The normalized spacial score (nSPS) is 10.8. The second-order valence-corrected chi connectivity index (χ2v) is 8.79. The summed E-state index contributed by atoms with van der Waals surface area (Å²) >= 11 is 2.57. The minimum atomic E-state index is -0.362. The van der Waals surface area contributed by atoms with Gasteiger partial charge in [0.05, 0.1) is 17.5 Å². The lowest BCUT2D eigenvalue weighted by Crippen LogP contribution is -2.30. The zero-order valence-electron chi connectivity index (χ0n) is 16.4. The van der Waals surface area contributed by atoms with Gasteiger partial charge in [0.2, 0.25) is 11.0 Å². The molecule has 4 rings (SSSR count). The molecule has 0 saturated heterocycles. The summed E-state index contributed by atoms with van der Waals surface area (Å²) in [5.41, 5.74) is 2.36. The summed E-state index contributed by atoms with van der Waals surface area (Å²) in [6, 6.07) is 25.8. The molecule has 0 radical (unpaired) electrons. The number of hydrogen-bond acceptors (Lipinski definition) is 6. The molecule has 1 aromatic heterocycles. The van der Waals surface area contributed by atoms with Crippen molar-refractivity contribution in [2.24, 2.45) is 0 Å². The standard InChI is InChI=1S/C23H19FN4OS2/c24-18-13-7-8-14-19(18)25-22-27-28-23(31-22)30-15-20(29)26-21(16-9-3-1-4-10-16)17-11-5-2-6-12-17/h1-14,21H,15H2,(H,25,27)(H,26,29). The summed E-state index contributed by atoms with van der Waals surface area (Å²) in [5.74, 6) is -0.273. The Hall–Kier alpha value is -3.23. The first-order valence-corrected chi connectivity index (χ1v) is 11.4. The van der Waals surface area contributed by atoms with E-state index >= 15 is 0 Å². The minimum Gasteiger partial charge on any atom is -0.344 e. The van der Waals surface area contributed by atoms with Crippen molar-refractivity contribution < 1.29 is 9.18 Å². The number of hydrogen-bond donors (Lipinski definition) is 2. The van der Waals surface area contributed by atoms with E-state index in [1.54, 1.807) is 18.2 Å². The molecule has 0 saturated carbocycles. The van der Waals surface area contributed by atoms with E-state index in [1.807, 2.05) is 60.7 Å². The van der Waals surface area contributed by atoms with Gasteiger partial charge >= 0.3 is 0 Å². The van der Waals surface area contributed by atoms with Crippen LogP contribution >= 0.6 is 23.1 Å². The molecular weight excluding hydrogens is 431 g/mol. The fourth-order valence-electron chi connectivity index (χ4n) is 2.98. The molecule has 4 aromatic rings. The van der Waals surface area contributed by atoms with E-state index in [0.717, 1.165) is 11.1 Å². The van der Waals surface area contributed by atoms with E-state index in [-0.39, 0.29) is 23.5 Å². The first-order chi connectivity index (χ1) is 15.2. The third-order valence-electron chi connectivity index (χ3n) is 4.42. The molecule has 156 valence electrons. The minimum absolute atomic E-state index is 0.110. The van der Waals surface area contributed by atoms with Crippen LogP contribution in [0, 0.1) is 5.82 Å². The third-order valence-corrected chi connectivity index (χ3v) is 6.39. The average Bonchev–Trinajstić information content (AvgIpc) is 3.26.